The van der Waals surface area contributed by atoms with Gasteiger partial charge in [-0.05, 0) is 79.4 Å². The second-order valence-corrected chi connectivity index (χ2v) is 9.25. The van der Waals surface area contributed by atoms with Crippen LogP contribution in [0.4, 0.5) is 0 Å². The lowest BCUT2D eigenvalue weighted by Gasteiger charge is -2.13. The number of carbonyl (C=O) groups is 2. The number of esters is 1. The monoisotopic (exact) mass is 523 g/mol. The number of halogens is 1. The lowest BCUT2D eigenvalue weighted by Crippen LogP contribution is -2.22. The van der Waals surface area contributed by atoms with Gasteiger partial charge in [0.15, 0.2) is 0 Å². The van der Waals surface area contributed by atoms with Gasteiger partial charge in [-0.3, -0.25) is 4.79 Å². The van der Waals surface area contributed by atoms with Crippen LogP contribution in [-0.4, -0.2) is 17.6 Å². The fourth-order valence-corrected chi connectivity index (χ4v) is 4.49. The number of hydrogen-bond donors (Lipinski definition) is 1. The average molecular weight is 524 g/mol. The van der Waals surface area contributed by atoms with Crippen LogP contribution >= 0.6 is 11.6 Å². The molecule has 5 rings (SSSR count). The molecule has 4 aromatic rings. The van der Waals surface area contributed by atoms with Gasteiger partial charge in [-0.1, -0.05) is 35.9 Å². The molecule has 8 heteroatoms. The molecule has 1 N–H and O–H groups in total. The molecule has 1 aliphatic rings. The summed E-state index contributed by atoms with van der Waals surface area (Å²) < 4.78 is 11.5. The highest BCUT2D eigenvalue weighted by Crippen LogP contribution is 2.31. The van der Waals surface area contributed by atoms with E-state index in [0.717, 1.165) is 23.1 Å². The molecule has 1 heterocycles. The third-order valence-electron chi connectivity index (χ3n) is 6.32. The van der Waals surface area contributed by atoms with Gasteiger partial charge in [0.25, 0.3) is 5.91 Å². The summed E-state index contributed by atoms with van der Waals surface area (Å²) in [5, 5.41) is 13.9. The molecule has 0 bridgehead atoms. The summed E-state index contributed by atoms with van der Waals surface area (Å²) in [6, 6.07) is 23.0. The lowest BCUT2D eigenvalue weighted by atomic mass is 9.93. The van der Waals surface area contributed by atoms with Gasteiger partial charge >= 0.3 is 5.97 Å². The van der Waals surface area contributed by atoms with Crippen molar-refractivity contribution in [3.8, 4) is 22.9 Å². The zero-order valence-electron chi connectivity index (χ0n) is 20.5. The molecule has 0 saturated carbocycles. The van der Waals surface area contributed by atoms with Crippen molar-refractivity contribution in [3.05, 3.63) is 112 Å². The number of rotatable bonds is 5. The Morgan fingerprint density at radius 3 is 2.29 bits per heavy atom. The molecule has 188 valence electrons. The summed E-state index contributed by atoms with van der Waals surface area (Å²) >= 11 is 5.89. The normalized spacial score (nSPS) is 13.4. The van der Waals surface area contributed by atoms with E-state index in [2.05, 4.69) is 16.6 Å². The molecule has 1 aliphatic carbocycles. The first-order valence-corrected chi connectivity index (χ1v) is 12.4. The molecule has 7 nitrogen and oxygen atoms in total. The van der Waals surface area contributed by atoms with Crippen molar-refractivity contribution in [2.45, 2.75) is 26.2 Å². The minimum absolute atomic E-state index is 0.116. The van der Waals surface area contributed by atoms with E-state index in [1.54, 1.807) is 55.5 Å². The fourth-order valence-electron chi connectivity index (χ4n) is 4.36. The second kappa shape index (κ2) is 10.8. The highest BCUT2D eigenvalue weighted by Gasteiger charge is 2.29. The predicted molar refractivity (Wildman–Crippen MR) is 143 cm³/mol. The van der Waals surface area contributed by atoms with Gasteiger partial charge in [-0.2, -0.15) is 10.4 Å². The maximum absolute atomic E-state index is 13.0. The van der Waals surface area contributed by atoms with E-state index in [1.165, 1.54) is 0 Å². The van der Waals surface area contributed by atoms with Gasteiger partial charge < -0.3 is 9.15 Å². The topological polar surface area (TPSA) is 105 Å². The van der Waals surface area contributed by atoms with E-state index in [1.807, 2.05) is 24.3 Å². The number of hydrazone groups is 1. The number of nitrogens with zero attached hydrogens (tertiary/aromatic N) is 2. The van der Waals surface area contributed by atoms with Gasteiger partial charge in [-0.25, -0.2) is 10.2 Å². The summed E-state index contributed by atoms with van der Waals surface area (Å²) in [7, 11) is 0. The first kappa shape index (κ1) is 25.0. The van der Waals surface area contributed by atoms with Crippen LogP contribution in [0, 0.1) is 18.3 Å². The van der Waals surface area contributed by atoms with E-state index in [9.17, 15) is 9.59 Å². The second-order valence-electron chi connectivity index (χ2n) is 8.82. The van der Waals surface area contributed by atoms with E-state index in [4.69, 9.17) is 26.0 Å². The fraction of sp³-hybridized carbons (Fsp3) is 0.133. The maximum atomic E-state index is 13.0. The number of nitrogens with one attached hydrogen (secondary N) is 1. The Bertz CT molecular complexity index is 1580. The van der Waals surface area contributed by atoms with Gasteiger partial charge in [-0.15, -0.1) is 0 Å². The van der Waals surface area contributed by atoms with Crippen molar-refractivity contribution in [3.63, 3.8) is 0 Å². The third kappa shape index (κ3) is 5.22. The summed E-state index contributed by atoms with van der Waals surface area (Å²) in [4.78, 5) is 25.5. The highest BCUT2D eigenvalue weighted by atomic mass is 35.5. The van der Waals surface area contributed by atoms with Crippen LogP contribution in [0.5, 0.6) is 5.75 Å². The smallest absolute Gasteiger partial charge is 0.379 e. The van der Waals surface area contributed by atoms with Crippen LogP contribution in [0.1, 0.15) is 56.2 Å². The highest BCUT2D eigenvalue weighted by molar-refractivity contribution is 6.30. The van der Waals surface area contributed by atoms with E-state index >= 15 is 0 Å². The first-order valence-electron chi connectivity index (χ1n) is 12.0. The molecule has 0 spiro atoms. The molecule has 0 radical (unpaired) electrons. The summed E-state index contributed by atoms with van der Waals surface area (Å²) in [5.74, 6) is 0.186. The molecule has 38 heavy (non-hydrogen) atoms. The molecular weight excluding hydrogens is 502 g/mol. The Kier molecular flexibility index (Phi) is 7.07. The number of benzene rings is 3. The van der Waals surface area contributed by atoms with Crippen LogP contribution in [0.25, 0.3) is 11.1 Å². The number of furan rings is 1. The van der Waals surface area contributed by atoms with Crippen LogP contribution in [-0.2, 0) is 6.42 Å². The first-order chi connectivity index (χ1) is 18.4. The molecule has 0 unspecified atom stereocenters. The molecule has 3 aromatic carbocycles. The minimum Gasteiger partial charge on any atom is -0.453 e. The summed E-state index contributed by atoms with van der Waals surface area (Å²) in [5.41, 5.74) is 7.51. The van der Waals surface area contributed by atoms with Crippen molar-refractivity contribution < 1.29 is 18.7 Å². The van der Waals surface area contributed by atoms with Gasteiger partial charge in [0.1, 0.15) is 11.5 Å². The Balaban J connectivity index is 1.31. The Hall–Kier alpha value is -4.67. The third-order valence-corrected chi connectivity index (χ3v) is 6.57. The molecule has 1 aromatic heterocycles. The van der Waals surface area contributed by atoms with Gasteiger partial charge in [0.05, 0.1) is 17.3 Å². The van der Waals surface area contributed by atoms with Gasteiger partial charge in [0.2, 0.25) is 5.76 Å². The van der Waals surface area contributed by atoms with Gasteiger partial charge in [0, 0.05) is 28.1 Å². The Labute approximate surface area is 224 Å². The maximum Gasteiger partial charge on any atom is 0.379 e. The van der Waals surface area contributed by atoms with Crippen molar-refractivity contribution in [2.75, 3.05) is 0 Å². The SMILES string of the molecule is Cc1c(C(=O)Oc2ccc(-c3ccc(C#N)cc3)cc2)oc2c1/C(=N/NC(=O)c1ccc(Cl)cc1)CCC2. The van der Waals surface area contributed by atoms with Crippen molar-refractivity contribution in [1.29, 1.82) is 5.26 Å². The number of amides is 1. The molecule has 1 amide bonds. The molecule has 0 atom stereocenters. The van der Waals surface area contributed by atoms with E-state index in [0.29, 0.717) is 51.8 Å². The zero-order chi connectivity index (χ0) is 26.6. The zero-order valence-corrected chi connectivity index (χ0v) is 21.2. The molecule has 0 fully saturated rings. The van der Waals surface area contributed by atoms with Crippen molar-refractivity contribution in [1.82, 2.24) is 5.43 Å². The summed E-state index contributed by atoms with van der Waals surface area (Å²) in [6.45, 7) is 1.79. The Morgan fingerprint density at radius 2 is 1.63 bits per heavy atom. The predicted octanol–water partition coefficient (Wildman–Crippen LogP) is 6.47. The molecule has 0 aliphatic heterocycles. The van der Waals surface area contributed by atoms with Crippen LogP contribution in [0.2, 0.25) is 5.02 Å². The lowest BCUT2D eigenvalue weighted by molar-refractivity contribution is 0.0698. The minimum atomic E-state index is -0.604. The van der Waals surface area contributed by atoms with Crippen LogP contribution < -0.4 is 10.2 Å². The standard InChI is InChI=1S/C30H22ClN3O4/c1-18-27-25(33-34-29(35)22-9-13-23(31)14-10-22)3-2-4-26(27)38-28(18)30(36)37-24-15-11-21(12-16-24)20-7-5-19(17-32)6-8-20/h5-16H,2-4H2,1H3,(H,34,35)/b33-25+. The molecular formula is C30H22ClN3O4. The van der Waals surface area contributed by atoms with Crippen molar-refractivity contribution >= 4 is 29.2 Å². The molecule has 0 saturated heterocycles. The average Bonchev–Trinajstić information content (AvgIpc) is 3.29. The van der Waals surface area contributed by atoms with E-state index < -0.39 is 5.97 Å². The Morgan fingerprint density at radius 1 is 0.974 bits per heavy atom. The number of aryl methyl sites for hydroxylation is 1. The number of nitriles is 1. The number of carbonyl (C=O) groups excluding carboxylic acids is 2. The number of hydrogen-bond acceptors (Lipinski definition) is 6. The summed E-state index contributed by atoms with van der Waals surface area (Å²) in [6.07, 6.45) is 2.08. The van der Waals surface area contributed by atoms with E-state index in [-0.39, 0.29) is 11.7 Å². The number of ether oxygens (including phenoxy) is 1. The largest absolute Gasteiger partial charge is 0.453 e. The van der Waals surface area contributed by atoms with Crippen LogP contribution in [0.15, 0.2) is 82.3 Å². The number of fused-ring (bicyclic) bond motifs is 1. The van der Waals surface area contributed by atoms with Crippen LogP contribution in [0.3, 0.4) is 0 Å². The quantitative estimate of drug-likeness (QED) is 0.183. The van der Waals surface area contributed by atoms with Crippen molar-refractivity contribution in [2.24, 2.45) is 5.10 Å².